The zero-order valence-electron chi connectivity index (χ0n) is 25.7. The maximum atomic E-state index is 14.2. The van der Waals surface area contributed by atoms with E-state index in [1.165, 1.54) is 17.0 Å². The molecule has 0 heterocycles. The van der Waals surface area contributed by atoms with Crippen molar-refractivity contribution in [2.24, 2.45) is 0 Å². The Morgan fingerprint density at radius 2 is 1.55 bits per heavy atom. The average Bonchev–Trinajstić information content (AvgIpc) is 2.99. The van der Waals surface area contributed by atoms with Gasteiger partial charge >= 0.3 is 0 Å². The molecule has 0 radical (unpaired) electrons. The van der Waals surface area contributed by atoms with Crippen molar-refractivity contribution in [2.45, 2.75) is 89.2 Å². The van der Waals surface area contributed by atoms with Gasteiger partial charge in [0.2, 0.25) is 11.8 Å². The summed E-state index contributed by atoms with van der Waals surface area (Å²) < 4.78 is 29.3. The fourth-order valence-electron chi connectivity index (χ4n) is 5.38. The summed E-state index contributed by atoms with van der Waals surface area (Å²) in [6.07, 6.45) is 5.02. The van der Waals surface area contributed by atoms with Gasteiger partial charge in [0.25, 0.3) is 10.0 Å². The summed E-state index contributed by atoms with van der Waals surface area (Å²) in [7, 11) is -4.15. The molecule has 44 heavy (non-hydrogen) atoms. The van der Waals surface area contributed by atoms with Crippen LogP contribution in [0, 0.1) is 6.92 Å². The summed E-state index contributed by atoms with van der Waals surface area (Å²) in [4.78, 5) is 29.2. The lowest BCUT2D eigenvalue weighted by Crippen LogP contribution is -2.53. The monoisotopic (exact) mass is 657 g/mol. The van der Waals surface area contributed by atoms with Crippen LogP contribution in [0.25, 0.3) is 0 Å². The molecule has 1 fully saturated rings. The molecule has 0 saturated heterocycles. The van der Waals surface area contributed by atoms with Crippen LogP contribution in [0.4, 0.5) is 5.69 Å². The highest BCUT2D eigenvalue weighted by Gasteiger charge is 2.33. The van der Waals surface area contributed by atoms with E-state index in [9.17, 15) is 18.0 Å². The summed E-state index contributed by atoms with van der Waals surface area (Å²) in [5.41, 5.74) is 2.90. The number of nitrogens with zero attached hydrogens (tertiary/aromatic N) is 2. The number of rotatable bonds is 11. The summed E-state index contributed by atoms with van der Waals surface area (Å²) in [5, 5.41) is 3.90. The van der Waals surface area contributed by atoms with Gasteiger partial charge in [-0.2, -0.15) is 0 Å². The van der Waals surface area contributed by atoms with E-state index >= 15 is 0 Å². The molecule has 2 amide bonds. The Bertz CT molecular complexity index is 1550. The van der Waals surface area contributed by atoms with Crippen LogP contribution in [-0.2, 0) is 26.2 Å². The SMILES string of the molecule is Cc1ccc(S(=O)(=O)N(CC(=O)N(Cc2ccc(Cl)cc2Cl)[C@@H](C)C(=O)NC2CCCCC2)c2ccc(C(C)C)cc2)cc1. The molecule has 0 aliphatic heterocycles. The van der Waals surface area contributed by atoms with Crippen molar-refractivity contribution in [3.63, 3.8) is 0 Å². The predicted octanol–water partition coefficient (Wildman–Crippen LogP) is 7.49. The minimum atomic E-state index is -4.15. The van der Waals surface area contributed by atoms with Crippen LogP contribution in [0.5, 0.6) is 0 Å². The fourth-order valence-corrected chi connectivity index (χ4v) is 7.26. The molecule has 1 atom stereocenters. The lowest BCUT2D eigenvalue weighted by Gasteiger charge is -2.33. The Hall–Kier alpha value is -3.07. The molecular formula is C34H41Cl2N3O4S. The minimum Gasteiger partial charge on any atom is -0.352 e. The van der Waals surface area contributed by atoms with Crippen molar-refractivity contribution in [2.75, 3.05) is 10.8 Å². The van der Waals surface area contributed by atoms with Gasteiger partial charge < -0.3 is 10.2 Å². The molecule has 0 bridgehead atoms. The molecule has 4 rings (SSSR count). The van der Waals surface area contributed by atoms with Crippen LogP contribution in [0.1, 0.15) is 75.5 Å². The van der Waals surface area contributed by atoms with Gasteiger partial charge in [-0.15, -0.1) is 0 Å². The van der Waals surface area contributed by atoms with Crippen molar-refractivity contribution < 1.29 is 18.0 Å². The van der Waals surface area contributed by atoms with Crippen LogP contribution in [0.3, 0.4) is 0 Å². The molecule has 1 N–H and O–H groups in total. The number of aryl methyl sites for hydroxylation is 1. The largest absolute Gasteiger partial charge is 0.352 e. The van der Waals surface area contributed by atoms with E-state index in [2.05, 4.69) is 19.2 Å². The first-order valence-corrected chi connectivity index (χ1v) is 17.3. The second-order valence-electron chi connectivity index (χ2n) is 11.8. The molecule has 3 aromatic carbocycles. The third-order valence-corrected chi connectivity index (χ3v) is 10.6. The summed E-state index contributed by atoms with van der Waals surface area (Å²) in [6.45, 7) is 7.14. The van der Waals surface area contributed by atoms with Crippen LogP contribution in [0.2, 0.25) is 10.0 Å². The molecule has 1 aliphatic rings. The van der Waals surface area contributed by atoms with E-state index in [0.29, 0.717) is 21.3 Å². The number of sulfonamides is 1. The predicted molar refractivity (Wildman–Crippen MR) is 178 cm³/mol. The zero-order chi connectivity index (χ0) is 32.0. The number of amides is 2. The number of anilines is 1. The Morgan fingerprint density at radius 1 is 0.909 bits per heavy atom. The standard InChI is InChI=1S/C34H41Cl2N3O4S/c1-23(2)26-13-16-30(17-14-26)39(44(42,43)31-18-10-24(3)11-19-31)22-33(40)38(21-27-12-15-28(35)20-32(27)36)25(4)34(41)37-29-8-6-5-7-9-29/h10-20,23,25,29H,5-9,21-22H2,1-4H3,(H,37,41)/t25-/m0/s1. The minimum absolute atomic E-state index is 0.00119. The molecule has 0 unspecified atom stereocenters. The van der Waals surface area contributed by atoms with E-state index < -0.39 is 28.5 Å². The first kappa shape index (κ1) is 33.8. The number of benzene rings is 3. The molecule has 1 aliphatic carbocycles. The lowest BCUT2D eigenvalue weighted by molar-refractivity contribution is -0.139. The van der Waals surface area contributed by atoms with Gasteiger partial charge in [0.15, 0.2) is 0 Å². The molecule has 1 saturated carbocycles. The smallest absolute Gasteiger partial charge is 0.264 e. The number of halogens is 2. The normalized spacial score (nSPS) is 14.7. The van der Waals surface area contributed by atoms with Crippen LogP contribution in [-0.4, -0.2) is 43.8 Å². The number of nitrogens with one attached hydrogen (secondary N) is 1. The zero-order valence-corrected chi connectivity index (χ0v) is 28.1. The highest BCUT2D eigenvalue weighted by atomic mass is 35.5. The molecule has 0 spiro atoms. The average molecular weight is 659 g/mol. The van der Waals surface area contributed by atoms with Crippen molar-refractivity contribution in [1.82, 2.24) is 10.2 Å². The molecule has 7 nitrogen and oxygen atoms in total. The summed E-state index contributed by atoms with van der Waals surface area (Å²) in [6, 6.07) is 17.8. The summed E-state index contributed by atoms with van der Waals surface area (Å²) in [5.74, 6) is -0.577. The van der Waals surface area contributed by atoms with Gasteiger partial charge in [0.1, 0.15) is 12.6 Å². The van der Waals surface area contributed by atoms with Crippen molar-refractivity contribution in [3.8, 4) is 0 Å². The van der Waals surface area contributed by atoms with Gasteiger partial charge in [-0.05, 0) is 80.1 Å². The van der Waals surface area contributed by atoms with Gasteiger partial charge in [0, 0.05) is 22.6 Å². The second-order valence-corrected chi connectivity index (χ2v) is 14.6. The second kappa shape index (κ2) is 14.8. The maximum Gasteiger partial charge on any atom is 0.264 e. The van der Waals surface area contributed by atoms with Crippen molar-refractivity contribution in [3.05, 3.63) is 93.5 Å². The fraction of sp³-hybridized carbons (Fsp3) is 0.412. The number of carbonyl (C=O) groups is 2. The van der Waals surface area contributed by atoms with Gasteiger partial charge in [-0.1, -0.05) is 92.2 Å². The Balaban J connectivity index is 1.71. The third kappa shape index (κ3) is 8.34. The quantitative estimate of drug-likeness (QED) is 0.231. The molecule has 3 aromatic rings. The van der Waals surface area contributed by atoms with Crippen LogP contribution in [0.15, 0.2) is 71.6 Å². The molecule has 0 aromatic heterocycles. The van der Waals surface area contributed by atoms with Crippen molar-refractivity contribution in [1.29, 1.82) is 0 Å². The van der Waals surface area contributed by atoms with E-state index in [4.69, 9.17) is 23.2 Å². The highest BCUT2D eigenvalue weighted by Crippen LogP contribution is 2.28. The van der Waals surface area contributed by atoms with Crippen LogP contribution >= 0.6 is 23.2 Å². The van der Waals surface area contributed by atoms with Gasteiger partial charge in [-0.25, -0.2) is 8.42 Å². The maximum absolute atomic E-state index is 14.2. The van der Waals surface area contributed by atoms with Gasteiger partial charge in [0.05, 0.1) is 10.6 Å². The van der Waals surface area contributed by atoms with E-state index in [0.717, 1.165) is 47.5 Å². The molecular weight excluding hydrogens is 617 g/mol. The van der Waals surface area contributed by atoms with Gasteiger partial charge in [-0.3, -0.25) is 13.9 Å². The first-order valence-electron chi connectivity index (χ1n) is 15.1. The highest BCUT2D eigenvalue weighted by molar-refractivity contribution is 7.92. The van der Waals surface area contributed by atoms with E-state index in [-0.39, 0.29) is 29.3 Å². The van der Waals surface area contributed by atoms with E-state index in [1.54, 1.807) is 49.4 Å². The number of carbonyl (C=O) groups excluding carboxylic acids is 2. The number of hydrogen-bond acceptors (Lipinski definition) is 4. The Morgan fingerprint density at radius 3 is 2.14 bits per heavy atom. The van der Waals surface area contributed by atoms with E-state index in [1.807, 2.05) is 19.1 Å². The molecule has 236 valence electrons. The Labute approximate surface area is 271 Å². The summed E-state index contributed by atoms with van der Waals surface area (Å²) >= 11 is 12.6. The number of hydrogen-bond donors (Lipinski definition) is 1. The van der Waals surface area contributed by atoms with Crippen LogP contribution < -0.4 is 9.62 Å². The third-order valence-electron chi connectivity index (χ3n) is 8.21. The lowest BCUT2D eigenvalue weighted by atomic mass is 9.95. The molecule has 10 heteroatoms. The first-order chi connectivity index (χ1) is 20.9. The Kier molecular flexibility index (Phi) is 11.4. The van der Waals surface area contributed by atoms with Crippen molar-refractivity contribution >= 4 is 50.7 Å². The topological polar surface area (TPSA) is 86.8 Å².